The molecule has 1 heterocycles. The fourth-order valence-electron chi connectivity index (χ4n) is 1.62. The Morgan fingerprint density at radius 2 is 2.06 bits per heavy atom. The highest BCUT2D eigenvalue weighted by atomic mass is 35.5. The SMILES string of the molecule is CCOC(=O)c1ccc2ccc(Cl)c(C)c2n1. The number of carbonyl (C=O) groups is 1. The number of pyridine rings is 1. The van der Waals surface area contributed by atoms with E-state index in [1.165, 1.54) is 0 Å². The second-order valence-corrected chi connectivity index (χ2v) is 4.07. The Bertz CT molecular complexity index is 581. The molecular weight excluding hydrogens is 238 g/mol. The summed E-state index contributed by atoms with van der Waals surface area (Å²) < 4.78 is 4.91. The van der Waals surface area contributed by atoms with E-state index in [1.807, 2.05) is 25.1 Å². The standard InChI is InChI=1S/C13H12ClNO2/c1-3-17-13(16)11-7-5-9-4-6-10(14)8(2)12(9)15-11/h4-7H,3H2,1-2H3. The average Bonchev–Trinajstić information content (AvgIpc) is 2.34. The Morgan fingerprint density at radius 3 is 2.76 bits per heavy atom. The minimum absolute atomic E-state index is 0.310. The lowest BCUT2D eigenvalue weighted by Crippen LogP contribution is -2.07. The summed E-state index contributed by atoms with van der Waals surface area (Å²) in [6.45, 7) is 3.99. The number of halogens is 1. The zero-order chi connectivity index (χ0) is 12.4. The molecule has 0 bridgehead atoms. The van der Waals surface area contributed by atoms with Crippen molar-refractivity contribution in [3.63, 3.8) is 0 Å². The molecule has 0 radical (unpaired) electrons. The topological polar surface area (TPSA) is 39.2 Å². The second kappa shape index (κ2) is 4.72. The van der Waals surface area contributed by atoms with Gasteiger partial charge in [-0.3, -0.25) is 0 Å². The van der Waals surface area contributed by atoms with Crippen LogP contribution in [0.2, 0.25) is 5.02 Å². The van der Waals surface area contributed by atoms with Gasteiger partial charge < -0.3 is 4.74 Å². The summed E-state index contributed by atoms with van der Waals surface area (Å²) in [6.07, 6.45) is 0. The van der Waals surface area contributed by atoms with Crippen LogP contribution >= 0.6 is 11.6 Å². The fraction of sp³-hybridized carbons (Fsp3) is 0.231. The molecule has 0 fully saturated rings. The Labute approximate surface area is 104 Å². The molecular formula is C13H12ClNO2. The zero-order valence-electron chi connectivity index (χ0n) is 9.66. The van der Waals surface area contributed by atoms with Crippen LogP contribution in [-0.4, -0.2) is 17.6 Å². The van der Waals surface area contributed by atoms with E-state index in [2.05, 4.69) is 4.98 Å². The van der Waals surface area contributed by atoms with Crippen molar-refractivity contribution in [2.24, 2.45) is 0 Å². The number of nitrogens with zero attached hydrogens (tertiary/aromatic N) is 1. The molecule has 1 aromatic carbocycles. The Morgan fingerprint density at radius 1 is 1.35 bits per heavy atom. The number of carbonyl (C=O) groups excluding carboxylic acids is 1. The first kappa shape index (κ1) is 11.9. The molecule has 2 aromatic rings. The monoisotopic (exact) mass is 249 g/mol. The van der Waals surface area contributed by atoms with Crippen molar-refractivity contribution in [3.8, 4) is 0 Å². The largest absolute Gasteiger partial charge is 0.461 e. The van der Waals surface area contributed by atoms with Crippen LogP contribution in [0.3, 0.4) is 0 Å². The lowest BCUT2D eigenvalue weighted by molar-refractivity contribution is 0.0520. The first-order valence-corrected chi connectivity index (χ1v) is 5.74. The normalized spacial score (nSPS) is 10.5. The van der Waals surface area contributed by atoms with Gasteiger partial charge in [0.25, 0.3) is 0 Å². The van der Waals surface area contributed by atoms with Crippen molar-refractivity contribution in [3.05, 3.63) is 40.5 Å². The molecule has 0 spiro atoms. The van der Waals surface area contributed by atoms with E-state index in [4.69, 9.17) is 16.3 Å². The van der Waals surface area contributed by atoms with Gasteiger partial charge in [0.2, 0.25) is 0 Å². The van der Waals surface area contributed by atoms with Crippen LogP contribution in [0.25, 0.3) is 10.9 Å². The maximum absolute atomic E-state index is 11.6. The molecule has 2 rings (SSSR count). The van der Waals surface area contributed by atoms with E-state index in [9.17, 15) is 4.79 Å². The highest BCUT2D eigenvalue weighted by Crippen LogP contribution is 2.24. The van der Waals surface area contributed by atoms with Gasteiger partial charge in [0.1, 0.15) is 5.69 Å². The number of hydrogen-bond acceptors (Lipinski definition) is 3. The molecule has 0 saturated carbocycles. The molecule has 88 valence electrons. The Kier molecular flexibility index (Phi) is 3.29. The summed E-state index contributed by atoms with van der Waals surface area (Å²) in [6, 6.07) is 7.21. The minimum Gasteiger partial charge on any atom is -0.461 e. The van der Waals surface area contributed by atoms with Crippen molar-refractivity contribution in [1.82, 2.24) is 4.98 Å². The lowest BCUT2D eigenvalue weighted by Gasteiger charge is -2.06. The number of hydrogen-bond donors (Lipinski definition) is 0. The summed E-state index contributed by atoms with van der Waals surface area (Å²) in [7, 11) is 0. The smallest absolute Gasteiger partial charge is 0.356 e. The van der Waals surface area contributed by atoms with Crippen molar-refractivity contribution in [2.45, 2.75) is 13.8 Å². The Balaban J connectivity index is 2.56. The molecule has 17 heavy (non-hydrogen) atoms. The van der Waals surface area contributed by atoms with Crippen LogP contribution in [0, 0.1) is 6.92 Å². The first-order chi connectivity index (χ1) is 8.13. The molecule has 0 amide bonds. The van der Waals surface area contributed by atoms with Gasteiger partial charge in [-0.05, 0) is 31.5 Å². The third kappa shape index (κ3) is 2.24. The number of ether oxygens (including phenoxy) is 1. The van der Waals surface area contributed by atoms with Gasteiger partial charge in [-0.2, -0.15) is 0 Å². The number of esters is 1. The van der Waals surface area contributed by atoms with Crippen LogP contribution in [0.1, 0.15) is 23.0 Å². The molecule has 0 atom stereocenters. The zero-order valence-corrected chi connectivity index (χ0v) is 10.4. The summed E-state index contributed by atoms with van der Waals surface area (Å²) in [5, 5.41) is 1.60. The number of benzene rings is 1. The molecule has 0 aliphatic rings. The second-order valence-electron chi connectivity index (χ2n) is 3.66. The van der Waals surface area contributed by atoms with E-state index in [1.54, 1.807) is 13.0 Å². The maximum atomic E-state index is 11.6. The van der Waals surface area contributed by atoms with Crippen molar-refractivity contribution in [1.29, 1.82) is 0 Å². The first-order valence-electron chi connectivity index (χ1n) is 5.36. The van der Waals surface area contributed by atoms with Crippen molar-refractivity contribution in [2.75, 3.05) is 6.61 Å². The maximum Gasteiger partial charge on any atom is 0.356 e. The summed E-state index contributed by atoms with van der Waals surface area (Å²) >= 11 is 6.02. The highest BCUT2D eigenvalue weighted by molar-refractivity contribution is 6.32. The number of aromatic nitrogens is 1. The van der Waals surface area contributed by atoms with Crippen LogP contribution in [0.4, 0.5) is 0 Å². The van der Waals surface area contributed by atoms with Gasteiger partial charge >= 0.3 is 5.97 Å². The molecule has 0 aliphatic heterocycles. The van der Waals surface area contributed by atoms with Gasteiger partial charge in [0, 0.05) is 10.4 Å². The fourth-order valence-corrected chi connectivity index (χ4v) is 1.78. The highest BCUT2D eigenvalue weighted by Gasteiger charge is 2.10. The van der Waals surface area contributed by atoms with E-state index in [0.29, 0.717) is 17.3 Å². The van der Waals surface area contributed by atoms with E-state index in [0.717, 1.165) is 16.5 Å². The quantitative estimate of drug-likeness (QED) is 0.766. The van der Waals surface area contributed by atoms with Crippen LogP contribution in [0.15, 0.2) is 24.3 Å². The number of rotatable bonds is 2. The molecule has 4 heteroatoms. The third-order valence-corrected chi connectivity index (χ3v) is 2.94. The van der Waals surface area contributed by atoms with Crippen molar-refractivity contribution >= 4 is 28.5 Å². The predicted molar refractivity (Wildman–Crippen MR) is 67.4 cm³/mol. The van der Waals surface area contributed by atoms with Crippen LogP contribution < -0.4 is 0 Å². The number of fused-ring (bicyclic) bond motifs is 1. The van der Waals surface area contributed by atoms with E-state index >= 15 is 0 Å². The molecule has 0 aliphatic carbocycles. The van der Waals surface area contributed by atoms with Gasteiger partial charge in [0.15, 0.2) is 0 Å². The van der Waals surface area contributed by atoms with E-state index in [-0.39, 0.29) is 0 Å². The van der Waals surface area contributed by atoms with E-state index < -0.39 is 5.97 Å². The Hall–Kier alpha value is -1.61. The molecule has 0 N–H and O–H groups in total. The molecule has 3 nitrogen and oxygen atoms in total. The predicted octanol–water partition coefficient (Wildman–Crippen LogP) is 3.37. The van der Waals surface area contributed by atoms with Gasteiger partial charge in [-0.1, -0.05) is 23.7 Å². The average molecular weight is 250 g/mol. The number of aryl methyl sites for hydroxylation is 1. The van der Waals surface area contributed by atoms with Crippen molar-refractivity contribution < 1.29 is 9.53 Å². The minimum atomic E-state index is -0.409. The third-order valence-electron chi connectivity index (χ3n) is 2.53. The summed E-state index contributed by atoms with van der Waals surface area (Å²) in [4.78, 5) is 15.9. The lowest BCUT2D eigenvalue weighted by atomic mass is 10.1. The summed E-state index contributed by atoms with van der Waals surface area (Å²) in [5.41, 5.74) is 1.92. The van der Waals surface area contributed by atoms with Gasteiger partial charge in [-0.25, -0.2) is 9.78 Å². The summed E-state index contributed by atoms with van der Waals surface area (Å²) in [5.74, 6) is -0.409. The van der Waals surface area contributed by atoms with Gasteiger partial charge in [0.05, 0.1) is 12.1 Å². The molecule has 0 unspecified atom stereocenters. The molecule has 0 saturated heterocycles. The van der Waals surface area contributed by atoms with Crippen LogP contribution in [0.5, 0.6) is 0 Å². The van der Waals surface area contributed by atoms with Crippen LogP contribution in [-0.2, 0) is 4.74 Å². The molecule has 1 aromatic heterocycles. The van der Waals surface area contributed by atoms with Gasteiger partial charge in [-0.15, -0.1) is 0 Å².